The van der Waals surface area contributed by atoms with Gasteiger partial charge in [0.1, 0.15) is 5.65 Å². The Morgan fingerprint density at radius 3 is 2.40 bits per heavy atom. The average molecular weight is 525 g/mol. The standard InChI is InChI=1S/C22H16ClF3N4O4S/c1-29-7-6-15-8-13(10-27-19(15)29)12-30(20-18(23)9-16(11-28-20)22(24,25)26)35(33,34)17-4-2-14(3-5-17)21(31)32/h2-11H,12H2,1H3,(H,31,32). The summed E-state index contributed by atoms with van der Waals surface area (Å²) >= 11 is 6.09. The number of aryl methyl sites for hydroxylation is 1. The first-order valence-electron chi connectivity index (χ1n) is 9.87. The number of hydrogen-bond donors (Lipinski definition) is 1. The highest BCUT2D eigenvalue weighted by Gasteiger charge is 2.34. The van der Waals surface area contributed by atoms with Crippen molar-refractivity contribution in [2.24, 2.45) is 7.05 Å². The van der Waals surface area contributed by atoms with Crippen LogP contribution in [0.15, 0.2) is 66.0 Å². The van der Waals surface area contributed by atoms with Crippen LogP contribution >= 0.6 is 11.6 Å². The maximum Gasteiger partial charge on any atom is 0.417 e. The number of aromatic carboxylic acids is 1. The number of fused-ring (bicyclic) bond motifs is 1. The van der Waals surface area contributed by atoms with Crippen molar-refractivity contribution in [1.82, 2.24) is 14.5 Å². The lowest BCUT2D eigenvalue weighted by Crippen LogP contribution is -2.32. The zero-order valence-electron chi connectivity index (χ0n) is 17.9. The van der Waals surface area contributed by atoms with Crippen LogP contribution in [0.25, 0.3) is 11.0 Å². The van der Waals surface area contributed by atoms with Gasteiger partial charge < -0.3 is 9.67 Å². The highest BCUT2D eigenvalue weighted by atomic mass is 35.5. The van der Waals surface area contributed by atoms with E-state index < -0.39 is 38.6 Å². The molecule has 0 aliphatic heterocycles. The summed E-state index contributed by atoms with van der Waals surface area (Å²) in [6.45, 7) is -0.348. The number of carboxylic acid groups (broad SMARTS) is 1. The highest BCUT2D eigenvalue weighted by Crippen LogP contribution is 2.36. The lowest BCUT2D eigenvalue weighted by molar-refractivity contribution is -0.137. The van der Waals surface area contributed by atoms with E-state index in [0.717, 1.165) is 34.0 Å². The van der Waals surface area contributed by atoms with E-state index in [2.05, 4.69) is 9.97 Å². The number of anilines is 1. The number of hydrogen-bond acceptors (Lipinski definition) is 5. The van der Waals surface area contributed by atoms with Crippen molar-refractivity contribution >= 4 is 44.4 Å². The van der Waals surface area contributed by atoms with Crippen molar-refractivity contribution in [3.63, 3.8) is 0 Å². The summed E-state index contributed by atoms with van der Waals surface area (Å²) in [6.07, 6.45) is -1.02. The Morgan fingerprint density at radius 2 is 1.80 bits per heavy atom. The second-order valence-electron chi connectivity index (χ2n) is 7.55. The average Bonchev–Trinajstić information content (AvgIpc) is 3.17. The SMILES string of the molecule is Cn1ccc2cc(CN(c3ncc(C(F)(F)F)cc3Cl)S(=O)(=O)c3ccc(C(=O)O)cc3)cnc21. The van der Waals surface area contributed by atoms with Gasteiger partial charge in [-0.3, -0.25) is 0 Å². The lowest BCUT2D eigenvalue weighted by Gasteiger charge is -2.25. The van der Waals surface area contributed by atoms with Crippen LogP contribution in [-0.4, -0.2) is 34.0 Å². The molecule has 0 fully saturated rings. The summed E-state index contributed by atoms with van der Waals surface area (Å²) in [6, 6.07) is 8.44. The summed E-state index contributed by atoms with van der Waals surface area (Å²) in [4.78, 5) is 18.9. The number of carbonyl (C=O) groups is 1. The van der Waals surface area contributed by atoms with Gasteiger partial charge in [0.2, 0.25) is 0 Å². The molecule has 0 unspecified atom stereocenters. The molecule has 182 valence electrons. The lowest BCUT2D eigenvalue weighted by atomic mass is 10.2. The molecule has 8 nitrogen and oxygen atoms in total. The molecule has 4 rings (SSSR count). The minimum atomic E-state index is -4.73. The smallest absolute Gasteiger partial charge is 0.417 e. The van der Waals surface area contributed by atoms with Crippen molar-refractivity contribution in [2.45, 2.75) is 17.6 Å². The van der Waals surface area contributed by atoms with Gasteiger partial charge >= 0.3 is 12.1 Å². The molecule has 0 saturated heterocycles. The van der Waals surface area contributed by atoms with Crippen LogP contribution in [0.5, 0.6) is 0 Å². The molecule has 0 spiro atoms. The Labute approximate surface area is 202 Å². The molecule has 0 amide bonds. The molecule has 1 N–H and O–H groups in total. The summed E-state index contributed by atoms with van der Waals surface area (Å²) in [5.41, 5.74) is -0.202. The molecule has 0 aliphatic carbocycles. The number of benzene rings is 1. The third-order valence-corrected chi connectivity index (χ3v) is 7.19. The number of pyridine rings is 2. The van der Waals surface area contributed by atoms with E-state index in [1.54, 1.807) is 29.9 Å². The first-order valence-corrected chi connectivity index (χ1v) is 11.7. The van der Waals surface area contributed by atoms with Gasteiger partial charge in [-0.25, -0.2) is 27.5 Å². The molecule has 0 radical (unpaired) electrons. The highest BCUT2D eigenvalue weighted by molar-refractivity contribution is 7.92. The maximum absolute atomic E-state index is 13.6. The van der Waals surface area contributed by atoms with Gasteiger partial charge in [0.25, 0.3) is 10.0 Å². The van der Waals surface area contributed by atoms with Crippen LogP contribution in [-0.2, 0) is 29.8 Å². The van der Waals surface area contributed by atoms with E-state index in [9.17, 15) is 26.4 Å². The summed E-state index contributed by atoms with van der Waals surface area (Å²) in [7, 11) is -2.64. The Hall–Kier alpha value is -3.64. The monoisotopic (exact) mass is 524 g/mol. The molecule has 0 aliphatic rings. The largest absolute Gasteiger partial charge is 0.478 e. The Morgan fingerprint density at radius 1 is 1.11 bits per heavy atom. The van der Waals surface area contributed by atoms with Gasteiger partial charge in [-0.15, -0.1) is 0 Å². The Balaban J connectivity index is 1.83. The molecule has 3 heterocycles. The third-order valence-electron chi connectivity index (χ3n) is 5.16. The van der Waals surface area contributed by atoms with E-state index >= 15 is 0 Å². The zero-order chi connectivity index (χ0) is 25.5. The minimum absolute atomic E-state index is 0.139. The molecule has 0 atom stereocenters. The molecule has 35 heavy (non-hydrogen) atoms. The second-order valence-corrected chi connectivity index (χ2v) is 9.82. The fourth-order valence-corrected chi connectivity index (χ4v) is 5.14. The van der Waals surface area contributed by atoms with E-state index in [1.807, 2.05) is 0 Å². The number of halogens is 4. The Kier molecular flexibility index (Phi) is 6.20. The van der Waals surface area contributed by atoms with E-state index in [4.69, 9.17) is 16.7 Å². The quantitative estimate of drug-likeness (QED) is 0.391. The van der Waals surface area contributed by atoms with Gasteiger partial charge in [-0.1, -0.05) is 11.6 Å². The van der Waals surface area contributed by atoms with E-state index in [-0.39, 0.29) is 17.0 Å². The third kappa shape index (κ3) is 4.80. The van der Waals surface area contributed by atoms with Crippen molar-refractivity contribution in [3.8, 4) is 0 Å². The van der Waals surface area contributed by atoms with Crippen molar-refractivity contribution in [1.29, 1.82) is 0 Å². The maximum atomic E-state index is 13.6. The van der Waals surface area contributed by atoms with Crippen LogP contribution in [0.4, 0.5) is 19.0 Å². The second kappa shape index (κ2) is 8.86. The van der Waals surface area contributed by atoms with Gasteiger partial charge in [0.05, 0.1) is 27.6 Å². The van der Waals surface area contributed by atoms with Crippen molar-refractivity contribution in [2.75, 3.05) is 4.31 Å². The number of aromatic nitrogens is 3. The molecule has 1 aromatic carbocycles. The summed E-state index contributed by atoms with van der Waals surface area (Å²) < 4.78 is 69.0. The first kappa shape index (κ1) is 24.5. The fraction of sp³-hybridized carbons (Fsp3) is 0.136. The van der Waals surface area contributed by atoms with Gasteiger partial charge in [-0.2, -0.15) is 13.2 Å². The molecule has 13 heteroatoms. The van der Waals surface area contributed by atoms with Crippen LogP contribution in [0, 0.1) is 0 Å². The number of rotatable bonds is 6. The number of sulfonamides is 1. The van der Waals surface area contributed by atoms with Crippen LogP contribution < -0.4 is 4.31 Å². The zero-order valence-corrected chi connectivity index (χ0v) is 19.4. The fourth-order valence-electron chi connectivity index (χ4n) is 3.39. The van der Waals surface area contributed by atoms with Gasteiger partial charge in [0.15, 0.2) is 5.82 Å². The molecular formula is C22H16ClF3N4O4S. The molecular weight excluding hydrogens is 509 g/mol. The topological polar surface area (TPSA) is 105 Å². The molecule has 4 aromatic rings. The predicted octanol–water partition coefficient (Wildman–Crippen LogP) is 4.73. The molecule has 0 bridgehead atoms. The summed E-state index contributed by atoms with van der Waals surface area (Å²) in [5.74, 6) is -1.67. The number of alkyl halides is 3. The van der Waals surface area contributed by atoms with Crippen LogP contribution in [0.3, 0.4) is 0 Å². The number of nitrogens with zero attached hydrogens (tertiary/aromatic N) is 4. The van der Waals surface area contributed by atoms with Gasteiger partial charge in [-0.05, 0) is 48.0 Å². The normalized spacial score (nSPS) is 12.1. The van der Waals surface area contributed by atoms with Crippen LogP contribution in [0.1, 0.15) is 21.5 Å². The van der Waals surface area contributed by atoms with E-state index in [0.29, 0.717) is 23.5 Å². The van der Waals surface area contributed by atoms with Crippen molar-refractivity contribution < 1.29 is 31.5 Å². The molecule has 0 saturated carbocycles. The summed E-state index contributed by atoms with van der Waals surface area (Å²) in [5, 5.41) is 9.28. The first-order chi connectivity index (χ1) is 16.4. The minimum Gasteiger partial charge on any atom is -0.478 e. The van der Waals surface area contributed by atoms with Crippen LogP contribution in [0.2, 0.25) is 5.02 Å². The molecule has 3 aromatic heterocycles. The van der Waals surface area contributed by atoms with E-state index in [1.165, 1.54) is 6.20 Å². The number of carboxylic acids is 1. The Bertz CT molecular complexity index is 1540. The predicted molar refractivity (Wildman–Crippen MR) is 122 cm³/mol. The van der Waals surface area contributed by atoms with Crippen molar-refractivity contribution in [3.05, 3.63) is 82.8 Å². The van der Waals surface area contributed by atoms with Gasteiger partial charge in [0, 0.05) is 31.0 Å².